The van der Waals surface area contributed by atoms with Crippen LogP contribution in [0.15, 0.2) is 65.7 Å². The van der Waals surface area contributed by atoms with Crippen molar-refractivity contribution in [2.24, 2.45) is 0 Å². The Morgan fingerprint density at radius 1 is 0.974 bits per heavy atom. The number of sulfonamides is 1. The molecule has 3 aromatic rings. The number of aromatic nitrogens is 2. The minimum atomic E-state index is -4.08. The average molecular weight is 555 g/mol. The summed E-state index contributed by atoms with van der Waals surface area (Å²) >= 11 is 0. The Balaban J connectivity index is 1.61. The first-order valence-corrected chi connectivity index (χ1v) is 13.9. The zero-order chi connectivity index (χ0) is 28.6. The van der Waals surface area contributed by atoms with Crippen LogP contribution in [0.4, 0.5) is 0 Å². The molecule has 0 bridgehead atoms. The number of hydrogen-bond acceptors (Lipinski definition) is 6. The van der Waals surface area contributed by atoms with Crippen LogP contribution >= 0.6 is 0 Å². The third-order valence-corrected chi connectivity index (χ3v) is 6.98. The highest BCUT2D eigenvalue weighted by atomic mass is 32.2. The van der Waals surface area contributed by atoms with E-state index in [1.54, 1.807) is 63.4 Å². The number of hydrogen-bond donors (Lipinski definition) is 5. The summed E-state index contributed by atoms with van der Waals surface area (Å²) in [6, 6.07) is 13.5. The highest BCUT2D eigenvalue weighted by Crippen LogP contribution is 2.17. The van der Waals surface area contributed by atoms with Crippen molar-refractivity contribution in [1.82, 2.24) is 30.9 Å². The van der Waals surface area contributed by atoms with Gasteiger partial charge in [0.05, 0.1) is 17.0 Å². The molecule has 0 aliphatic rings. The predicted octanol–water partition coefficient (Wildman–Crippen LogP) is 1.88. The number of benzene rings is 2. The fourth-order valence-corrected chi connectivity index (χ4v) is 4.84. The minimum absolute atomic E-state index is 0.0215. The van der Waals surface area contributed by atoms with Crippen molar-refractivity contribution >= 4 is 27.7 Å². The number of amides is 3. The molecule has 1 heterocycles. The van der Waals surface area contributed by atoms with Crippen molar-refractivity contribution in [2.45, 2.75) is 50.6 Å². The number of aryl methyl sites for hydroxylation is 1. The van der Waals surface area contributed by atoms with Crippen LogP contribution in [0.1, 0.15) is 43.1 Å². The Morgan fingerprint density at radius 3 is 2.31 bits per heavy atom. The quantitative estimate of drug-likeness (QED) is 0.227. The van der Waals surface area contributed by atoms with E-state index in [9.17, 15) is 22.8 Å². The maximum Gasteiger partial charge on any atom is 0.251 e. The molecule has 0 aliphatic heterocycles. The van der Waals surface area contributed by atoms with E-state index in [0.717, 1.165) is 16.8 Å². The van der Waals surface area contributed by atoms with Gasteiger partial charge in [0.25, 0.3) is 5.91 Å². The molecule has 0 aliphatic carbocycles. The SMILES string of the molecule is Cc1ccc(S(=O)(=O)N[C@@H](CC(=O)NC(C)(C)C)C(=O)NCCNC(=O)c2cccc(-c3ccn[nH]3)c2)cc1. The van der Waals surface area contributed by atoms with Crippen molar-refractivity contribution < 1.29 is 22.8 Å². The lowest BCUT2D eigenvalue weighted by molar-refractivity contribution is -0.128. The standard InChI is InChI=1S/C27H34N6O5S/c1-18-8-10-21(11-9-18)39(37,38)33-23(17-24(34)31-27(2,3)4)26(36)29-15-14-28-25(35)20-7-5-6-19(16-20)22-12-13-30-32-22/h5-13,16,23,33H,14-15,17H2,1-4H3,(H,28,35)(H,29,36)(H,30,32)(H,31,34)/t23-/m0/s1. The summed E-state index contributed by atoms with van der Waals surface area (Å²) < 4.78 is 28.2. The van der Waals surface area contributed by atoms with Gasteiger partial charge in [-0.25, -0.2) is 8.42 Å². The van der Waals surface area contributed by atoms with Crippen LogP contribution in [0.2, 0.25) is 0 Å². The van der Waals surface area contributed by atoms with Crippen molar-refractivity contribution in [1.29, 1.82) is 0 Å². The van der Waals surface area contributed by atoms with Crippen LogP contribution in [0.25, 0.3) is 11.3 Å². The number of carbonyl (C=O) groups excluding carboxylic acids is 3. The van der Waals surface area contributed by atoms with E-state index in [1.165, 1.54) is 12.1 Å². The van der Waals surface area contributed by atoms with Crippen LogP contribution in [0.3, 0.4) is 0 Å². The molecular formula is C27H34N6O5S. The molecule has 0 saturated carbocycles. The molecule has 3 rings (SSSR count). The van der Waals surface area contributed by atoms with Gasteiger partial charge in [0, 0.05) is 36.0 Å². The number of nitrogens with zero attached hydrogens (tertiary/aromatic N) is 1. The van der Waals surface area contributed by atoms with Crippen molar-refractivity contribution in [3.63, 3.8) is 0 Å². The van der Waals surface area contributed by atoms with Crippen LogP contribution in [-0.4, -0.2) is 61.0 Å². The summed E-state index contributed by atoms with van der Waals surface area (Å²) in [6.45, 7) is 7.28. The smallest absolute Gasteiger partial charge is 0.251 e. The molecule has 0 spiro atoms. The Kier molecular flexibility index (Phi) is 9.60. The molecular weight excluding hydrogens is 520 g/mol. The summed E-state index contributed by atoms with van der Waals surface area (Å²) in [4.78, 5) is 38.1. The van der Waals surface area contributed by atoms with Gasteiger partial charge in [-0.1, -0.05) is 29.8 Å². The maximum absolute atomic E-state index is 13.0. The van der Waals surface area contributed by atoms with Gasteiger partial charge in [-0.05, 0) is 58.0 Å². The Hall–Kier alpha value is -4.03. The highest BCUT2D eigenvalue weighted by molar-refractivity contribution is 7.89. The summed E-state index contributed by atoms with van der Waals surface area (Å²) in [5, 5.41) is 14.8. The topological polar surface area (TPSA) is 162 Å². The number of aromatic amines is 1. The highest BCUT2D eigenvalue weighted by Gasteiger charge is 2.29. The van der Waals surface area contributed by atoms with Crippen LogP contribution < -0.4 is 20.7 Å². The van der Waals surface area contributed by atoms with Gasteiger partial charge in [-0.2, -0.15) is 9.82 Å². The molecule has 0 saturated heterocycles. The van der Waals surface area contributed by atoms with Crippen LogP contribution in [0, 0.1) is 6.92 Å². The van der Waals surface area contributed by atoms with Gasteiger partial charge in [-0.3, -0.25) is 19.5 Å². The van der Waals surface area contributed by atoms with E-state index < -0.39 is 39.8 Å². The van der Waals surface area contributed by atoms with Gasteiger partial charge in [0.15, 0.2) is 0 Å². The average Bonchev–Trinajstić information content (AvgIpc) is 3.40. The molecule has 2 aromatic carbocycles. The Labute approximate surface area is 228 Å². The number of H-pyrrole nitrogens is 1. The molecule has 12 heteroatoms. The largest absolute Gasteiger partial charge is 0.353 e. The van der Waals surface area contributed by atoms with E-state index in [2.05, 4.69) is 30.9 Å². The van der Waals surface area contributed by atoms with Gasteiger partial charge < -0.3 is 16.0 Å². The van der Waals surface area contributed by atoms with Gasteiger partial charge in [0.2, 0.25) is 21.8 Å². The fourth-order valence-electron chi connectivity index (χ4n) is 3.65. The third kappa shape index (κ3) is 9.04. The Bertz CT molecular complexity index is 1400. The maximum atomic E-state index is 13.0. The first kappa shape index (κ1) is 29.5. The molecule has 1 atom stereocenters. The summed E-state index contributed by atoms with van der Waals surface area (Å²) in [7, 11) is -4.08. The normalized spacial score (nSPS) is 12.4. The minimum Gasteiger partial charge on any atom is -0.353 e. The molecule has 0 fully saturated rings. The fraction of sp³-hybridized carbons (Fsp3) is 0.333. The predicted molar refractivity (Wildman–Crippen MR) is 147 cm³/mol. The second kappa shape index (κ2) is 12.7. The molecule has 3 amide bonds. The summed E-state index contributed by atoms with van der Waals surface area (Å²) in [6.07, 6.45) is 1.21. The number of carbonyl (C=O) groups is 3. The van der Waals surface area contributed by atoms with Crippen LogP contribution in [-0.2, 0) is 19.6 Å². The van der Waals surface area contributed by atoms with Crippen molar-refractivity contribution in [3.05, 3.63) is 71.9 Å². The first-order chi connectivity index (χ1) is 18.3. The van der Waals surface area contributed by atoms with E-state index >= 15 is 0 Å². The molecule has 0 radical (unpaired) electrons. The molecule has 11 nitrogen and oxygen atoms in total. The van der Waals surface area contributed by atoms with E-state index in [-0.39, 0.29) is 23.9 Å². The molecule has 208 valence electrons. The second-order valence-electron chi connectivity index (χ2n) is 10.1. The molecule has 0 unspecified atom stereocenters. The zero-order valence-electron chi connectivity index (χ0n) is 22.4. The summed E-state index contributed by atoms with van der Waals surface area (Å²) in [5.74, 6) is -1.52. The van der Waals surface area contributed by atoms with Crippen LogP contribution in [0.5, 0.6) is 0 Å². The lowest BCUT2D eigenvalue weighted by Gasteiger charge is -2.23. The number of nitrogens with one attached hydrogen (secondary N) is 5. The molecule has 1 aromatic heterocycles. The van der Waals surface area contributed by atoms with E-state index in [1.807, 2.05) is 13.0 Å². The summed E-state index contributed by atoms with van der Waals surface area (Å²) in [5.41, 5.74) is 2.31. The lowest BCUT2D eigenvalue weighted by Crippen LogP contribution is -2.51. The van der Waals surface area contributed by atoms with Crippen molar-refractivity contribution in [2.75, 3.05) is 13.1 Å². The molecule has 5 N–H and O–H groups in total. The number of rotatable bonds is 11. The Morgan fingerprint density at radius 2 is 1.67 bits per heavy atom. The van der Waals surface area contributed by atoms with Gasteiger partial charge in [0.1, 0.15) is 6.04 Å². The van der Waals surface area contributed by atoms with E-state index in [0.29, 0.717) is 5.56 Å². The lowest BCUT2D eigenvalue weighted by atomic mass is 10.1. The second-order valence-corrected chi connectivity index (χ2v) is 11.8. The van der Waals surface area contributed by atoms with Crippen molar-refractivity contribution in [3.8, 4) is 11.3 Å². The van der Waals surface area contributed by atoms with E-state index in [4.69, 9.17) is 0 Å². The zero-order valence-corrected chi connectivity index (χ0v) is 23.2. The first-order valence-electron chi connectivity index (χ1n) is 12.4. The van der Waals surface area contributed by atoms with Gasteiger partial charge >= 0.3 is 0 Å². The third-order valence-electron chi connectivity index (χ3n) is 5.50. The van der Waals surface area contributed by atoms with Gasteiger partial charge in [-0.15, -0.1) is 0 Å². The molecule has 39 heavy (non-hydrogen) atoms. The monoisotopic (exact) mass is 554 g/mol.